The molecule has 608 valence electrons. The van der Waals surface area contributed by atoms with Crippen molar-refractivity contribution in [3.63, 3.8) is 0 Å². The molecule has 9 saturated heterocycles. The van der Waals surface area contributed by atoms with Crippen molar-refractivity contribution in [1.29, 1.82) is 0 Å². The van der Waals surface area contributed by atoms with Gasteiger partial charge in [-0.3, -0.25) is 14.4 Å². The van der Waals surface area contributed by atoms with Crippen LogP contribution in [0.5, 0.6) is 0 Å². The van der Waals surface area contributed by atoms with Gasteiger partial charge >= 0.3 is 0 Å². The molecule has 0 spiro atoms. The highest BCUT2D eigenvalue weighted by Gasteiger charge is 2.61. The largest absolute Gasteiger partial charge is 0.394 e. The van der Waals surface area contributed by atoms with Gasteiger partial charge in [0.05, 0.1) is 58.5 Å². The van der Waals surface area contributed by atoms with E-state index in [-0.39, 0.29) is 0 Å². The Morgan fingerprint density at radius 2 is 0.676 bits per heavy atom. The standard InChI is InChI=1S/C59H99N3O43/c1-13-28(72)36(80)41(85)54(91-13)90-12-24-45(34(78)25(51(88)93-24)60-15(3)68)99-52-26(61-16(4)69)35(79)44(22(9-66)97-52)100-59-50(105-55-40(84)30(74)18(71)11-89-55)48(33(77)21(8-65)96-59)103-58-49(39(83)32(76)20(7-64)95-58)104-53-27(62-17(5)70)47(102-56-42(86)37(81)29(73)14(2)92-56)46(23(10-67)98-53)101-57-43(87)38(82)31(75)19(6-63)94-57/h13-14,18-59,63-67,71-88H,6-12H2,1-5H3,(H,60,68)(H,61,69)(H,62,70)/t13-,14-,18+,19+,20+,21+,22+,23+,24+,25+,26+,27+,28+,29+,30-,31-,32+,33+,34+,35+,36+,37+,38-,39-,40+,41-,42-,43+,44+,45+,46+,47+,48-,49-,50-,51?,52-,53-,54+,55-,56-,57-,58+,59-/m0/s1. The molecular formula is C59H99N3O43. The number of hydrogen-bond donors (Lipinski definition) is 26. The Morgan fingerprint density at radius 1 is 0.305 bits per heavy atom. The summed E-state index contributed by atoms with van der Waals surface area (Å²) in [6.07, 6.45) is -82.5. The molecule has 26 N–H and O–H groups in total. The second kappa shape index (κ2) is 37.0. The van der Waals surface area contributed by atoms with Gasteiger partial charge in [0, 0.05) is 20.8 Å². The van der Waals surface area contributed by atoms with Crippen LogP contribution in [0.3, 0.4) is 0 Å². The molecule has 3 amide bonds. The summed E-state index contributed by atoms with van der Waals surface area (Å²) in [6, 6.07) is -5.67. The number of carbonyl (C=O) groups excluding carboxylic acids is 3. The molecule has 44 atom stereocenters. The zero-order chi connectivity index (χ0) is 77.2. The molecular weight excluding hydrogens is 1440 g/mol. The summed E-state index contributed by atoms with van der Waals surface area (Å²) in [4.78, 5) is 38.9. The Balaban J connectivity index is 1.06. The van der Waals surface area contributed by atoms with Crippen molar-refractivity contribution in [1.82, 2.24) is 16.0 Å². The van der Waals surface area contributed by atoms with Crippen LogP contribution in [-0.4, -0.2) is 451 Å². The Bertz CT molecular complexity index is 2750. The van der Waals surface area contributed by atoms with E-state index in [9.17, 15) is 132 Å². The SMILES string of the molecule is CC(=O)N[C@H]1[C@H](O[C@H]2[C@H](O)[C@@H](NC(C)=O)C(O)O[C@@H]2CO[C@@H]2O[C@@H](C)[C@@H](O)[C@@H](O)[C@@H]2O)O[C@H](CO)[C@@H](O[C@@H]2O[C@H](CO)[C@@H](O)[C@H](O[C@H]3O[C@H](CO)[C@@H](O)[C@H](O)[C@@H]3O[C@@H]3O[C@H](CO)[C@@H](O[C@@H]4O[C@H](CO)[C@H](O)[C@H](O)[C@H]4O)[C@H](O[C@@H]4O[C@@H](C)[C@@H](O)[C@@H](O)[C@@H]4O)[C@H]3NC(C)=O)[C@@H]2O[C@@H]2OC[C@@H](O)[C@H](O)[C@H]2O)[C@@H]1O. The van der Waals surface area contributed by atoms with E-state index >= 15 is 0 Å². The Kier molecular flexibility index (Phi) is 30.2. The van der Waals surface area contributed by atoms with Gasteiger partial charge in [-0.2, -0.15) is 0 Å². The Hall–Kier alpha value is -3.19. The maximum absolute atomic E-state index is 13.4. The minimum absolute atomic E-state index is 0.792. The summed E-state index contributed by atoms with van der Waals surface area (Å²) in [5.41, 5.74) is 0. The minimum atomic E-state index is -2.41. The molecule has 9 heterocycles. The Labute approximate surface area is 595 Å². The molecule has 46 heteroatoms. The van der Waals surface area contributed by atoms with Gasteiger partial charge in [0.15, 0.2) is 56.6 Å². The zero-order valence-corrected chi connectivity index (χ0v) is 56.8. The molecule has 0 aliphatic carbocycles. The van der Waals surface area contributed by atoms with Gasteiger partial charge in [-0.05, 0) is 13.8 Å². The molecule has 0 aromatic rings. The van der Waals surface area contributed by atoms with Crippen LogP contribution in [0, 0.1) is 0 Å². The topological polar surface area (TPSA) is 710 Å². The first kappa shape index (κ1) is 85.8. The molecule has 46 nitrogen and oxygen atoms in total. The van der Waals surface area contributed by atoms with Crippen LogP contribution < -0.4 is 16.0 Å². The molecule has 9 rings (SSSR count). The fraction of sp³-hybridized carbons (Fsp3) is 0.949. The fourth-order valence-electron chi connectivity index (χ4n) is 13.6. The lowest BCUT2D eigenvalue weighted by Crippen LogP contribution is -2.72. The van der Waals surface area contributed by atoms with Gasteiger partial charge in [0.1, 0.15) is 201 Å². The summed E-state index contributed by atoms with van der Waals surface area (Å²) in [7, 11) is 0. The summed E-state index contributed by atoms with van der Waals surface area (Å²) < 4.78 is 102. The van der Waals surface area contributed by atoms with E-state index in [1.807, 2.05) is 0 Å². The van der Waals surface area contributed by atoms with Crippen molar-refractivity contribution >= 4 is 17.7 Å². The number of aliphatic hydroxyl groups excluding tert-OH is 23. The van der Waals surface area contributed by atoms with Gasteiger partial charge in [0.2, 0.25) is 17.7 Å². The summed E-state index contributed by atoms with van der Waals surface area (Å²) >= 11 is 0. The van der Waals surface area contributed by atoms with Crippen molar-refractivity contribution in [2.75, 3.05) is 46.2 Å². The van der Waals surface area contributed by atoms with Crippen LogP contribution in [-0.2, 0) is 94.9 Å². The van der Waals surface area contributed by atoms with Gasteiger partial charge in [-0.15, -0.1) is 0 Å². The smallest absolute Gasteiger partial charge is 0.217 e. The number of rotatable bonds is 25. The molecule has 9 fully saturated rings. The Morgan fingerprint density at radius 3 is 1.24 bits per heavy atom. The number of carbonyl (C=O) groups is 3. The van der Waals surface area contributed by atoms with Crippen LogP contribution in [0.4, 0.5) is 0 Å². The normalized spacial score (nSPS) is 50.7. The molecule has 0 saturated carbocycles. The summed E-state index contributed by atoms with van der Waals surface area (Å²) in [5.74, 6) is -2.74. The number of nitrogens with one attached hydrogen (secondary N) is 3. The molecule has 105 heavy (non-hydrogen) atoms. The van der Waals surface area contributed by atoms with E-state index in [1.165, 1.54) is 13.8 Å². The second-order valence-electron chi connectivity index (χ2n) is 26.9. The average molecular weight is 1540 g/mol. The first-order chi connectivity index (χ1) is 49.6. The molecule has 1 unspecified atom stereocenters. The van der Waals surface area contributed by atoms with Gasteiger partial charge in [-0.1, -0.05) is 0 Å². The van der Waals surface area contributed by atoms with E-state index in [0.29, 0.717) is 0 Å². The van der Waals surface area contributed by atoms with Crippen molar-refractivity contribution in [2.24, 2.45) is 0 Å². The van der Waals surface area contributed by atoms with Gasteiger partial charge in [-0.25, -0.2) is 0 Å². The van der Waals surface area contributed by atoms with E-state index in [4.69, 9.17) is 80.5 Å². The van der Waals surface area contributed by atoms with Gasteiger partial charge < -0.3 is 214 Å². The highest BCUT2D eigenvalue weighted by Crippen LogP contribution is 2.41. The number of ether oxygens (including phenoxy) is 17. The van der Waals surface area contributed by atoms with Crippen LogP contribution in [0.2, 0.25) is 0 Å². The molecule has 9 aliphatic rings. The minimum Gasteiger partial charge on any atom is -0.394 e. The van der Waals surface area contributed by atoms with E-state index in [1.54, 1.807) is 0 Å². The lowest BCUT2D eigenvalue weighted by Gasteiger charge is -2.52. The number of hydrogen-bond acceptors (Lipinski definition) is 43. The highest BCUT2D eigenvalue weighted by atomic mass is 16.8. The van der Waals surface area contributed by atoms with Crippen LogP contribution >= 0.6 is 0 Å². The number of aliphatic hydroxyl groups is 23. The lowest BCUT2D eigenvalue weighted by atomic mass is 9.93. The monoisotopic (exact) mass is 1540 g/mol. The lowest BCUT2D eigenvalue weighted by molar-refractivity contribution is -0.412. The maximum Gasteiger partial charge on any atom is 0.217 e. The first-order valence-corrected chi connectivity index (χ1v) is 33.8. The third kappa shape index (κ3) is 18.8. The summed E-state index contributed by atoms with van der Waals surface area (Å²) in [6.45, 7) is -1.87. The molecule has 0 aromatic carbocycles. The van der Waals surface area contributed by atoms with E-state index < -0.39 is 334 Å². The molecule has 9 aliphatic heterocycles. The fourth-order valence-corrected chi connectivity index (χ4v) is 13.6. The van der Waals surface area contributed by atoms with Crippen molar-refractivity contribution in [3.8, 4) is 0 Å². The van der Waals surface area contributed by atoms with Crippen LogP contribution in [0.15, 0.2) is 0 Å². The van der Waals surface area contributed by atoms with Crippen LogP contribution in [0.1, 0.15) is 34.6 Å². The highest BCUT2D eigenvalue weighted by molar-refractivity contribution is 5.74. The third-order valence-corrected chi connectivity index (χ3v) is 19.5. The predicted molar refractivity (Wildman–Crippen MR) is 323 cm³/mol. The first-order valence-electron chi connectivity index (χ1n) is 33.8. The predicted octanol–water partition coefficient (Wildman–Crippen LogP) is -17.5. The average Bonchev–Trinajstić information content (AvgIpc) is 0.763. The second-order valence-corrected chi connectivity index (χ2v) is 26.9. The van der Waals surface area contributed by atoms with Crippen molar-refractivity contribution in [3.05, 3.63) is 0 Å². The maximum atomic E-state index is 13.4. The number of amides is 3. The summed E-state index contributed by atoms with van der Waals surface area (Å²) in [5, 5.41) is 262. The zero-order valence-electron chi connectivity index (χ0n) is 56.8. The van der Waals surface area contributed by atoms with Crippen molar-refractivity contribution < 1.29 is 212 Å². The van der Waals surface area contributed by atoms with Gasteiger partial charge in [0.25, 0.3) is 0 Å². The quantitative estimate of drug-likeness (QED) is 0.0404. The van der Waals surface area contributed by atoms with Crippen LogP contribution in [0.25, 0.3) is 0 Å². The van der Waals surface area contributed by atoms with Crippen molar-refractivity contribution in [2.45, 2.75) is 305 Å². The molecule has 0 radical (unpaired) electrons. The van der Waals surface area contributed by atoms with E-state index in [2.05, 4.69) is 16.0 Å². The molecule has 0 bridgehead atoms. The third-order valence-electron chi connectivity index (χ3n) is 19.5. The van der Waals surface area contributed by atoms with E-state index in [0.717, 1.165) is 20.8 Å². The molecule has 0 aromatic heterocycles.